The molecule has 72 valence electrons. The molecule has 2 nitrogen and oxygen atoms in total. The van der Waals surface area contributed by atoms with Crippen molar-refractivity contribution in [1.82, 2.24) is 4.90 Å². The van der Waals surface area contributed by atoms with Gasteiger partial charge in [0.15, 0.2) is 0 Å². The van der Waals surface area contributed by atoms with E-state index in [0.29, 0.717) is 5.92 Å². The van der Waals surface area contributed by atoms with Crippen LogP contribution >= 0.6 is 0 Å². The number of likely N-dealkylation sites (tertiary alicyclic amines) is 1. The number of piperidine rings is 1. The Morgan fingerprint density at radius 2 is 1.92 bits per heavy atom. The van der Waals surface area contributed by atoms with Crippen LogP contribution in [0.4, 0.5) is 0 Å². The number of rotatable bonds is 4. The van der Waals surface area contributed by atoms with Gasteiger partial charge in [0.05, 0.1) is 0 Å². The van der Waals surface area contributed by atoms with Gasteiger partial charge in [-0.05, 0) is 38.9 Å². The molecule has 0 atom stereocenters. The van der Waals surface area contributed by atoms with Crippen molar-refractivity contribution in [3.63, 3.8) is 0 Å². The average molecular weight is 177 g/mol. The maximum atomic E-state index is 10.6. The van der Waals surface area contributed by atoms with E-state index in [4.69, 9.17) is 0 Å². The van der Waals surface area contributed by atoms with Crippen LogP contribution < -0.4 is 24.0 Å². The van der Waals surface area contributed by atoms with Gasteiger partial charge in [0.1, 0.15) is 0 Å². The summed E-state index contributed by atoms with van der Waals surface area (Å²) in [5.41, 5.74) is 0. The first-order valence-corrected chi connectivity index (χ1v) is 5.17. The molecule has 0 saturated carbocycles. The Morgan fingerprint density at radius 1 is 1.31 bits per heavy atom. The fourth-order valence-corrected chi connectivity index (χ4v) is 1.76. The molecule has 1 aliphatic heterocycles. The Balaban J connectivity index is 0.00000144. The second-order valence-electron chi connectivity index (χ2n) is 3.81. The van der Waals surface area contributed by atoms with E-state index in [9.17, 15) is 5.11 Å². The van der Waals surface area contributed by atoms with Crippen LogP contribution in [0.2, 0.25) is 0 Å². The Morgan fingerprint density at radius 3 is 2.38 bits per heavy atom. The summed E-state index contributed by atoms with van der Waals surface area (Å²) in [6, 6.07) is 0. The topological polar surface area (TPSA) is 26.3 Å². The van der Waals surface area contributed by atoms with E-state index in [0.717, 1.165) is 25.9 Å². The summed E-state index contributed by atoms with van der Waals surface area (Å²) >= 11 is 0. The first kappa shape index (κ1) is 13.5. The molecule has 0 spiro atoms. The van der Waals surface area contributed by atoms with E-state index in [-0.39, 0.29) is 25.5 Å². The van der Waals surface area contributed by atoms with Gasteiger partial charge in [0.25, 0.3) is 0 Å². The zero-order valence-electron chi connectivity index (χ0n) is 9.09. The molecule has 0 N–H and O–H groups in total. The number of unbranched alkanes of at least 4 members (excludes halogenated alkanes) is 1. The Hall–Kier alpha value is 0.517. The van der Waals surface area contributed by atoms with Crippen molar-refractivity contribution in [3.05, 3.63) is 0 Å². The van der Waals surface area contributed by atoms with Crippen LogP contribution in [0.15, 0.2) is 0 Å². The van der Waals surface area contributed by atoms with E-state index in [1.807, 2.05) is 0 Å². The van der Waals surface area contributed by atoms with E-state index < -0.39 is 0 Å². The van der Waals surface area contributed by atoms with E-state index in [2.05, 4.69) is 11.8 Å². The summed E-state index contributed by atoms with van der Waals surface area (Å²) in [6.45, 7) is 5.92. The minimum Gasteiger partial charge on any atom is -0.854 e. The monoisotopic (exact) mass is 177 g/mol. The average Bonchev–Trinajstić information content (AvgIpc) is 2.15. The third-order valence-corrected chi connectivity index (χ3v) is 2.77. The third-order valence-electron chi connectivity index (χ3n) is 2.77. The van der Waals surface area contributed by atoms with Gasteiger partial charge in [-0.2, -0.15) is 0 Å². The van der Waals surface area contributed by atoms with Crippen LogP contribution in [0.5, 0.6) is 0 Å². The van der Waals surface area contributed by atoms with Crippen molar-refractivity contribution in [2.75, 3.05) is 26.2 Å². The zero-order valence-corrected chi connectivity index (χ0v) is 9.09. The summed E-state index contributed by atoms with van der Waals surface area (Å²) in [6.07, 6.45) is 4.85. The van der Waals surface area contributed by atoms with Gasteiger partial charge in [-0.15, -0.1) is 6.61 Å². The molecule has 0 aromatic carbocycles. The quantitative estimate of drug-likeness (QED) is 0.458. The van der Waals surface area contributed by atoms with Crippen LogP contribution in [0.3, 0.4) is 0 Å². The molecule has 1 heterocycles. The normalized spacial score (nSPS) is 19.8. The Kier molecular flexibility index (Phi) is 8.19. The van der Waals surface area contributed by atoms with Gasteiger partial charge in [-0.3, -0.25) is 0 Å². The second kappa shape index (κ2) is 7.88. The van der Waals surface area contributed by atoms with E-state index in [1.54, 1.807) is 0 Å². The minimum atomic E-state index is 0. The Labute approximate surface area is 93.9 Å². The molecular formula is C10H20LiNO. The van der Waals surface area contributed by atoms with Crippen molar-refractivity contribution < 1.29 is 24.0 Å². The molecular weight excluding hydrogens is 157 g/mol. The van der Waals surface area contributed by atoms with Gasteiger partial charge in [-0.25, -0.2) is 0 Å². The number of hydrogen-bond donors (Lipinski definition) is 0. The van der Waals surface area contributed by atoms with Gasteiger partial charge >= 0.3 is 18.9 Å². The first-order valence-electron chi connectivity index (χ1n) is 5.17. The summed E-state index contributed by atoms with van der Waals surface area (Å²) < 4.78 is 0. The summed E-state index contributed by atoms with van der Waals surface area (Å²) in [5.74, 6) is 0.475. The summed E-state index contributed by atoms with van der Waals surface area (Å²) in [5, 5.41) is 10.6. The first-order chi connectivity index (χ1) is 5.86. The zero-order chi connectivity index (χ0) is 8.81. The molecule has 1 fully saturated rings. The molecule has 0 bridgehead atoms. The van der Waals surface area contributed by atoms with Crippen LogP contribution in [-0.2, 0) is 0 Å². The maximum Gasteiger partial charge on any atom is 1.00 e. The molecule has 1 saturated heterocycles. The predicted octanol–water partition coefficient (Wildman–Crippen LogP) is -2.14. The van der Waals surface area contributed by atoms with Crippen molar-refractivity contribution in [3.8, 4) is 0 Å². The minimum absolute atomic E-state index is 0. The smallest absolute Gasteiger partial charge is 0.854 e. The van der Waals surface area contributed by atoms with Gasteiger partial charge in [-0.1, -0.05) is 19.3 Å². The van der Waals surface area contributed by atoms with Crippen molar-refractivity contribution in [2.45, 2.75) is 32.6 Å². The third kappa shape index (κ3) is 5.08. The van der Waals surface area contributed by atoms with Crippen molar-refractivity contribution in [2.24, 2.45) is 5.92 Å². The van der Waals surface area contributed by atoms with Gasteiger partial charge < -0.3 is 10.0 Å². The molecule has 0 aromatic rings. The van der Waals surface area contributed by atoms with Crippen LogP contribution in [0.25, 0.3) is 0 Å². The molecule has 1 rings (SSSR count). The van der Waals surface area contributed by atoms with Crippen molar-refractivity contribution >= 4 is 0 Å². The van der Waals surface area contributed by atoms with Gasteiger partial charge in [0, 0.05) is 0 Å². The fraction of sp³-hybridized carbons (Fsp3) is 1.00. The van der Waals surface area contributed by atoms with Crippen molar-refractivity contribution in [1.29, 1.82) is 0 Å². The molecule has 1 aliphatic rings. The largest absolute Gasteiger partial charge is 1.00 e. The molecule has 3 heteroatoms. The van der Waals surface area contributed by atoms with E-state index >= 15 is 0 Å². The molecule has 0 aromatic heterocycles. The molecule has 0 unspecified atom stereocenters. The molecule has 0 amide bonds. The standard InChI is InChI=1S/C10H20NO.Li/c1-2-3-6-11-7-4-10(9-12)5-8-11;/h10H,2-9H2,1H3;/q-1;+1. The molecule has 0 aliphatic carbocycles. The van der Waals surface area contributed by atoms with Crippen LogP contribution in [0.1, 0.15) is 32.6 Å². The number of hydrogen-bond acceptors (Lipinski definition) is 2. The predicted molar refractivity (Wildman–Crippen MR) is 48.9 cm³/mol. The van der Waals surface area contributed by atoms with Crippen LogP contribution in [-0.4, -0.2) is 31.1 Å². The van der Waals surface area contributed by atoms with Gasteiger partial charge in [0.2, 0.25) is 0 Å². The molecule has 13 heavy (non-hydrogen) atoms. The second-order valence-corrected chi connectivity index (χ2v) is 3.81. The fourth-order valence-electron chi connectivity index (χ4n) is 1.76. The summed E-state index contributed by atoms with van der Waals surface area (Å²) in [4.78, 5) is 2.50. The Bertz CT molecular complexity index is 113. The van der Waals surface area contributed by atoms with Crippen LogP contribution in [0, 0.1) is 5.92 Å². The maximum absolute atomic E-state index is 10.6. The molecule has 0 radical (unpaired) electrons. The summed E-state index contributed by atoms with van der Waals surface area (Å²) in [7, 11) is 0. The number of nitrogens with zero attached hydrogens (tertiary/aromatic N) is 1. The van der Waals surface area contributed by atoms with E-state index in [1.165, 1.54) is 19.4 Å². The SMILES string of the molecule is CCCCN1CCC(C[O-])CC1.[Li+].